The molecule has 0 heterocycles. The molecule has 0 spiro atoms. The number of amides is 1. The van der Waals surface area contributed by atoms with E-state index in [2.05, 4.69) is 0 Å². The molecule has 0 aliphatic carbocycles. The Bertz CT molecular complexity index is 583. The van der Waals surface area contributed by atoms with Crippen LogP contribution in [-0.2, 0) is 0 Å². The molecular formula is C11H9N5O3. The molecule has 0 aliphatic heterocycles. The fourth-order valence-corrected chi connectivity index (χ4v) is 1.38. The summed E-state index contributed by atoms with van der Waals surface area (Å²) in [5, 5.41) is 27.8. The van der Waals surface area contributed by atoms with Crippen molar-refractivity contribution in [2.75, 3.05) is 18.8 Å². The van der Waals surface area contributed by atoms with Crippen molar-refractivity contribution in [3.63, 3.8) is 0 Å². The van der Waals surface area contributed by atoms with Crippen molar-refractivity contribution in [3.8, 4) is 12.1 Å². The standard InChI is InChI=1S/C11H9N5O3/c12-3-5-15(6-4-13)11(17)9-7-8(16(18)19)1-2-10(9)14/h1-2,7H,5-6,14H2. The van der Waals surface area contributed by atoms with E-state index in [0.717, 1.165) is 11.0 Å². The van der Waals surface area contributed by atoms with E-state index in [9.17, 15) is 14.9 Å². The summed E-state index contributed by atoms with van der Waals surface area (Å²) < 4.78 is 0. The summed E-state index contributed by atoms with van der Waals surface area (Å²) in [5.41, 5.74) is 5.25. The van der Waals surface area contributed by atoms with Gasteiger partial charge in [0.2, 0.25) is 0 Å². The highest BCUT2D eigenvalue weighted by atomic mass is 16.6. The van der Waals surface area contributed by atoms with Gasteiger partial charge < -0.3 is 10.6 Å². The van der Waals surface area contributed by atoms with E-state index in [0.29, 0.717) is 0 Å². The molecule has 0 aromatic heterocycles. The molecule has 1 aromatic carbocycles. The normalized spacial score (nSPS) is 9.16. The van der Waals surface area contributed by atoms with Crippen molar-refractivity contribution < 1.29 is 9.72 Å². The van der Waals surface area contributed by atoms with Gasteiger partial charge in [0.15, 0.2) is 0 Å². The number of nitrogens with zero attached hydrogens (tertiary/aromatic N) is 4. The van der Waals surface area contributed by atoms with Crippen LogP contribution in [0.3, 0.4) is 0 Å². The van der Waals surface area contributed by atoms with Crippen LogP contribution in [-0.4, -0.2) is 28.8 Å². The van der Waals surface area contributed by atoms with Gasteiger partial charge in [0, 0.05) is 17.8 Å². The van der Waals surface area contributed by atoms with Gasteiger partial charge in [0.25, 0.3) is 11.6 Å². The molecular weight excluding hydrogens is 250 g/mol. The zero-order chi connectivity index (χ0) is 14.4. The maximum absolute atomic E-state index is 12.0. The second kappa shape index (κ2) is 5.98. The molecule has 2 N–H and O–H groups in total. The number of non-ortho nitro benzene ring substituents is 1. The van der Waals surface area contributed by atoms with E-state index in [-0.39, 0.29) is 30.0 Å². The predicted molar refractivity (Wildman–Crippen MR) is 64.6 cm³/mol. The van der Waals surface area contributed by atoms with E-state index in [1.165, 1.54) is 12.1 Å². The van der Waals surface area contributed by atoms with Gasteiger partial charge in [0.1, 0.15) is 13.1 Å². The molecule has 1 rings (SSSR count). The van der Waals surface area contributed by atoms with Crippen LogP contribution in [0.4, 0.5) is 11.4 Å². The van der Waals surface area contributed by atoms with Gasteiger partial charge in [-0.2, -0.15) is 10.5 Å². The van der Waals surface area contributed by atoms with Gasteiger partial charge in [-0.1, -0.05) is 0 Å². The fraction of sp³-hybridized carbons (Fsp3) is 0.182. The van der Waals surface area contributed by atoms with Crippen LogP contribution in [0.2, 0.25) is 0 Å². The summed E-state index contributed by atoms with van der Waals surface area (Å²) in [6.07, 6.45) is 0. The van der Waals surface area contributed by atoms with Gasteiger partial charge in [-0.05, 0) is 6.07 Å². The zero-order valence-electron chi connectivity index (χ0n) is 9.74. The third-order valence-corrected chi connectivity index (χ3v) is 2.29. The maximum atomic E-state index is 12.0. The van der Waals surface area contributed by atoms with Crippen LogP contribution in [0.25, 0.3) is 0 Å². The number of hydrogen-bond acceptors (Lipinski definition) is 6. The largest absolute Gasteiger partial charge is 0.398 e. The van der Waals surface area contributed by atoms with Crippen molar-refractivity contribution in [1.29, 1.82) is 10.5 Å². The van der Waals surface area contributed by atoms with Crippen molar-refractivity contribution in [2.45, 2.75) is 0 Å². The first-order valence-electron chi connectivity index (χ1n) is 5.08. The highest BCUT2D eigenvalue weighted by Gasteiger charge is 2.20. The second-order valence-corrected chi connectivity index (χ2v) is 3.51. The minimum absolute atomic E-state index is 0.0523. The Morgan fingerprint density at radius 2 is 1.95 bits per heavy atom. The molecule has 8 nitrogen and oxygen atoms in total. The molecule has 19 heavy (non-hydrogen) atoms. The Morgan fingerprint density at radius 1 is 1.37 bits per heavy atom. The number of nitrogens with two attached hydrogens (primary N) is 1. The van der Waals surface area contributed by atoms with Crippen molar-refractivity contribution in [3.05, 3.63) is 33.9 Å². The summed E-state index contributed by atoms with van der Waals surface area (Å²) in [7, 11) is 0. The minimum atomic E-state index is -0.690. The van der Waals surface area contributed by atoms with Crippen LogP contribution in [0.1, 0.15) is 10.4 Å². The smallest absolute Gasteiger partial charge is 0.270 e. The van der Waals surface area contributed by atoms with E-state index >= 15 is 0 Å². The molecule has 0 saturated carbocycles. The lowest BCUT2D eigenvalue weighted by Gasteiger charge is -2.16. The number of anilines is 1. The lowest BCUT2D eigenvalue weighted by molar-refractivity contribution is -0.384. The van der Waals surface area contributed by atoms with Crippen LogP contribution >= 0.6 is 0 Å². The molecule has 96 valence electrons. The average molecular weight is 259 g/mol. The molecule has 0 bridgehead atoms. The number of rotatable bonds is 4. The third-order valence-electron chi connectivity index (χ3n) is 2.29. The predicted octanol–water partition coefficient (Wildman–Crippen LogP) is 0.666. The molecule has 0 unspecified atom stereocenters. The van der Waals surface area contributed by atoms with E-state index in [1.54, 1.807) is 12.1 Å². The number of benzene rings is 1. The summed E-state index contributed by atoms with van der Waals surface area (Å²) >= 11 is 0. The molecule has 0 atom stereocenters. The lowest BCUT2D eigenvalue weighted by Crippen LogP contribution is -2.32. The summed E-state index contributed by atoms with van der Waals surface area (Å²) in [5.74, 6) is -0.690. The second-order valence-electron chi connectivity index (χ2n) is 3.51. The van der Waals surface area contributed by atoms with Gasteiger partial charge in [0.05, 0.1) is 22.6 Å². The fourth-order valence-electron chi connectivity index (χ4n) is 1.38. The van der Waals surface area contributed by atoms with Gasteiger partial charge in [-0.25, -0.2) is 0 Å². The molecule has 1 aromatic rings. The number of hydrogen-bond donors (Lipinski definition) is 1. The molecule has 0 fully saturated rings. The number of nitrogen functional groups attached to an aromatic ring is 1. The molecule has 0 radical (unpaired) electrons. The van der Waals surface area contributed by atoms with Crippen LogP contribution in [0.15, 0.2) is 18.2 Å². The SMILES string of the molecule is N#CCN(CC#N)C(=O)c1cc([N+](=O)[O-])ccc1N. The monoisotopic (exact) mass is 259 g/mol. The quantitative estimate of drug-likeness (QED) is 0.365. The number of carbonyl (C=O) groups is 1. The summed E-state index contributed by atoms with van der Waals surface area (Å²) in [6, 6.07) is 6.92. The number of carbonyl (C=O) groups excluding carboxylic acids is 1. The van der Waals surface area contributed by atoms with Crippen molar-refractivity contribution in [2.24, 2.45) is 0 Å². The Labute approximate surface area is 108 Å². The van der Waals surface area contributed by atoms with E-state index in [4.69, 9.17) is 16.3 Å². The van der Waals surface area contributed by atoms with Gasteiger partial charge in [-0.15, -0.1) is 0 Å². The molecule has 0 aliphatic rings. The topological polar surface area (TPSA) is 137 Å². The highest BCUT2D eigenvalue weighted by molar-refractivity contribution is 6.00. The van der Waals surface area contributed by atoms with E-state index in [1.807, 2.05) is 0 Å². The van der Waals surface area contributed by atoms with Crippen LogP contribution in [0, 0.1) is 32.8 Å². The van der Waals surface area contributed by atoms with Crippen molar-refractivity contribution >= 4 is 17.3 Å². The first-order chi connectivity index (χ1) is 9.01. The average Bonchev–Trinajstić information content (AvgIpc) is 2.38. The highest BCUT2D eigenvalue weighted by Crippen LogP contribution is 2.21. The van der Waals surface area contributed by atoms with Gasteiger partial charge >= 0.3 is 0 Å². The zero-order valence-corrected chi connectivity index (χ0v) is 9.74. The van der Waals surface area contributed by atoms with Crippen LogP contribution in [0.5, 0.6) is 0 Å². The first-order valence-corrected chi connectivity index (χ1v) is 5.08. The number of nitro groups is 1. The Kier molecular flexibility index (Phi) is 4.39. The number of nitro benzene ring substituents is 1. The molecule has 8 heteroatoms. The number of nitriles is 2. The van der Waals surface area contributed by atoms with Gasteiger partial charge in [-0.3, -0.25) is 14.9 Å². The first kappa shape index (κ1) is 13.9. The molecule has 1 amide bonds. The summed E-state index contributed by atoms with van der Waals surface area (Å²) in [6.45, 7) is -0.594. The Morgan fingerprint density at radius 3 is 2.42 bits per heavy atom. The van der Waals surface area contributed by atoms with E-state index < -0.39 is 10.8 Å². The lowest BCUT2D eigenvalue weighted by atomic mass is 10.1. The van der Waals surface area contributed by atoms with Crippen LogP contribution < -0.4 is 5.73 Å². The summed E-state index contributed by atoms with van der Waals surface area (Å²) in [4.78, 5) is 23.0. The Hall–Kier alpha value is -3.13. The van der Waals surface area contributed by atoms with Crippen molar-refractivity contribution in [1.82, 2.24) is 4.90 Å². The maximum Gasteiger partial charge on any atom is 0.270 e. The Balaban J connectivity index is 3.17. The minimum Gasteiger partial charge on any atom is -0.398 e. The third kappa shape index (κ3) is 3.17. The molecule has 0 saturated heterocycles.